The lowest BCUT2D eigenvalue weighted by Crippen LogP contribution is -2.47. The second-order valence-corrected chi connectivity index (χ2v) is 6.19. The van der Waals surface area contributed by atoms with Gasteiger partial charge in [0.2, 0.25) is 0 Å². The number of nitrogens with zero attached hydrogens (tertiary/aromatic N) is 1. The van der Waals surface area contributed by atoms with Crippen molar-refractivity contribution in [1.82, 2.24) is 10.2 Å². The van der Waals surface area contributed by atoms with Crippen molar-refractivity contribution in [2.24, 2.45) is 5.92 Å². The Hall–Kier alpha value is -0.970. The van der Waals surface area contributed by atoms with Gasteiger partial charge in [-0.15, -0.1) is 0 Å². The minimum absolute atomic E-state index is 0.107. The Bertz CT molecular complexity index is 450. The van der Waals surface area contributed by atoms with Crippen molar-refractivity contribution in [3.05, 3.63) is 35.1 Å². The molecule has 0 unspecified atom stereocenters. The summed E-state index contributed by atoms with van der Waals surface area (Å²) >= 11 is 0. The summed E-state index contributed by atoms with van der Waals surface area (Å²) in [4.78, 5) is 2.57. The third-order valence-electron chi connectivity index (χ3n) is 4.78. The van der Waals surface area contributed by atoms with Gasteiger partial charge in [0.1, 0.15) is 5.82 Å². The standard InChI is InChI=1S/C17H25FN2O/c1-13-12-15(2-3-16(13)18)17(14-4-10-21-11-5-14)20-8-6-19-7-9-20/h2-3,12,14,17,19H,4-11H2,1H3/t17-/m0/s1. The molecule has 2 aliphatic heterocycles. The van der Waals surface area contributed by atoms with Crippen LogP contribution in [0.2, 0.25) is 0 Å². The van der Waals surface area contributed by atoms with Crippen molar-refractivity contribution in [3.8, 4) is 0 Å². The molecule has 2 heterocycles. The van der Waals surface area contributed by atoms with Crippen molar-refractivity contribution in [1.29, 1.82) is 0 Å². The first-order valence-electron chi connectivity index (χ1n) is 8.04. The van der Waals surface area contributed by atoms with Gasteiger partial charge in [0.25, 0.3) is 0 Å². The molecule has 2 saturated heterocycles. The van der Waals surface area contributed by atoms with Crippen LogP contribution in [0.4, 0.5) is 4.39 Å². The van der Waals surface area contributed by atoms with Crippen molar-refractivity contribution in [2.75, 3.05) is 39.4 Å². The zero-order chi connectivity index (χ0) is 14.7. The summed E-state index contributed by atoms with van der Waals surface area (Å²) in [5, 5.41) is 3.42. The van der Waals surface area contributed by atoms with Gasteiger partial charge in [-0.25, -0.2) is 4.39 Å². The first-order valence-corrected chi connectivity index (χ1v) is 8.04. The van der Waals surface area contributed by atoms with E-state index in [0.29, 0.717) is 12.0 Å². The molecule has 0 radical (unpaired) electrons. The van der Waals surface area contributed by atoms with E-state index in [1.807, 2.05) is 19.1 Å². The molecule has 1 aromatic carbocycles. The fourth-order valence-electron chi connectivity index (χ4n) is 3.62. The van der Waals surface area contributed by atoms with E-state index >= 15 is 0 Å². The van der Waals surface area contributed by atoms with E-state index in [2.05, 4.69) is 10.2 Å². The Morgan fingerprint density at radius 2 is 1.95 bits per heavy atom. The van der Waals surface area contributed by atoms with Gasteiger partial charge in [-0.2, -0.15) is 0 Å². The van der Waals surface area contributed by atoms with Crippen molar-refractivity contribution in [3.63, 3.8) is 0 Å². The summed E-state index contributed by atoms with van der Waals surface area (Å²) in [7, 11) is 0. The maximum absolute atomic E-state index is 13.6. The van der Waals surface area contributed by atoms with Gasteiger partial charge in [0.05, 0.1) is 0 Å². The van der Waals surface area contributed by atoms with Crippen LogP contribution in [0.3, 0.4) is 0 Å². The monoisotopic (exact) mass is 292 g/mol. The molecule has 3 nitrogen and oxygen atoms in total. The Morgan fingerprint density at radius 3 is 2.62 bits per heavy atom. The van der Waals surface area contributed by atoms with Gasteiger partial charge < -0.3 is 10.1 Å². The Morgan fingerprint density at radius 1 is 1.24 bits per heavy atom. The first kappa shape index (κ1) is 14.9. The lowest BCUT2D eigenvalue weighted by molar-refractivity contribution is 0.0213. The first-order chi connectivity index (χ1) is 10.3. The van der Waals surface area contributed by atoms with Crippen LogP contribution in [0, 0.1) is 18.7 Å². The number of hydrogen-bond acceptors (Lipinski definition) is 3. The minimum Gasteiger partial charge on any atom is -0.381 e. The second kappa shape index (κ2) is 6.86. The molecule has 0 saturated carbocycles. The smallest absolute Gasteiger partial charge is 0.126 e. The van der Waals surface area contributed by atoms with Gasteiger partial charge in [-0.05, 0) is 42.9 Å². The highest BCUT2D eigenvalue weighted by Gasteiger charge is 2.31. The molecule has 2 fully saturated rings. The number of nitrogens with one attached hydrogen (secondary N) is 1. The molecule has 1 atom stereocenters. The van der Waals surface area contributed by atoms with Gasteiger partial charge in [-0.3, -0.25) is 4.90 Å². The van der Waals surface area contributed by atoms with Crippen LogP contribution < -0.4 is 5.32 Å². The van der Waals surface area contributed by atoms with E-state index in [0.717, 1.165) is 57.8 Å². The summed E-state index contributed by atoms with van der Waals surface area (Å²) in [5.41, 5.74) is 2.02. The zero-order valence-corrected chi connectivity index (χ0v) is 12.8. The molecule has 0 spiro atoms. The average Bonchev–Trinajstić information content (AvgIpc) is 2.53. The molecule has 1 aromatic rings. The van der Waals surface area contributed by atoms with Gasteiger partial charge in [0, 0.05) is 45.4 Å². The van der Waals surface area contributed by atoms with E-state index in [9.17, 15) is 4.39 Å². The number of hydrogen-bond donors (Lipinski definition) is 1. The molecule has 0 aromatic heterocycles. The summed E-state index contributed by atoms with van der Waals surface area (Å²) in [5.74, 6) is 0.506. The molecule has 3 rings (SSSR count). The van der Waals surface area contributed by atoms with Crippen LogP contribution in [0.25, 0.3) is 0 Å². The van der Waals surface area contributed by atoms with Crippen molar-refractivity contribution >= 4 is 0 Å². The third kappa shape index (κ3) is 3.44. The number of ether oxygens (including phenoxy) is 1. The molecule has 0 bridgehead atoms. The Balaban J connectivity index is 1.87. The largest absolute Gasteiger partial charge is 0.381 e. The number of halogens is 1. The highest BCUT2D eigenvalue weighted by molar-refractivity contribution is 5.27. The predicted molar refractivity (Wildman–Crippen MR) is 81.9 cm³/mol. The molecule has 21 heavy (non-hydrogen) atoms. The highest BCUT2D eigenvalue weighted by atomic mass is 19.1. The van der Waals surface area contributed by atoms with Crippen molar-refractivity contribution in [2.45, 2.75) is 25.8 Å². The highest BCUT2D eigenvalue weighted by Crippen LogP contribution is 2.35. The van der Waals surface area contributed by atoms with E-state index in [-0.39, 0.29) is 5.82 Å². The Labute approximate surface area is 126 Å². The minimum atomic E-state index is -0.107. The lowest BCUT2D eigenvalue weighted by Gasteiger charge is -2.41. The normalized spacial score (nSPS) is 23.1. The molecule has 1 N–H and O–H groups in total. The quantitative estimate of drug-likeness (QED) is 0.926. The maximum Gasteiger partial charge on any atom is 0.126 e. The molecule has 0 aliphatic carbocycles. The molecule has 2 aliphatic rings. The van der Waals surface area contributed by atoms with E-state index < -0.39 is 0 Å². The third-order valence-corrected chi connectivity index (χ3v) is 4.78. The van der Waals surface area contributed by atoms with Gasteiger partial charge in [-0.1, -0.05) is 12.1 Å². The number of benzene rings is 1. The van der Waals surface area contributed by atoms with Crippen molar-refractivity contribution < 1.29 is 9.13 Å². The fourth-order valence-corrected chi connectivity index (χ4v) is 3.62. The number of piperazine rings is 1. The van der Waals surface area contributed by atoms with Crippen LogP contribution in [0.15, 0.2) is 18.2 Å². The predicted octanol–water partition coefficient (Wildman–Crippen LogP) is 2.51. The molecule has 4 heteroatoms. The van der Waals surface area contributed by atoms with Crippen LogP contribution in [0.1, 0.15) is 30.0 Å². The van der Waals surface area contributed by atoms with Gasteiger partial charge in [0.15, 0.2) is 0 Å². The molecule has 116 valence electrons. The van der Waals surface area contributed by atoms with Gasteiger partial charge >= 0.3 is 0 Å². The molecule has 0 amide bonds. The van der Waals surface area contributed by atoms with Crippen LogP contribution >= 0.6 is 0 Å². The fraction of sp³-hybridized carbons (Fsp3) is 0.647. The topological polar surface area (TPSA) is 24.5 Å². The Kier molecular flexibility index (Phi) is 4.88. The lowest BCUT2D eigenvalue weighted by atomic mass is 9.85. The van der Waals surface area contributed by atoms with E-state index in [1.54, 1.807) is 6.07 Å². The zero-order valence-electron chi connectivity index (χ0n) is 12.8. The average molecular weight is 292 g/mol. The number of rotatable bonds is 3. The summed E-state index contributed by atoms with van der Waals surface area (Å²) < 4.78 is 19.1. The van der Waals surface area contributed by atoms with E-state index in [4.69, 9.17) is 4.74 Å². The summed E-state index contributed by atoms with van der Waals surface area (Å²) in [6.07, 6.45) is 2.20. The van der Waals surface area contributed by atoms with Crippen LogP contribution in [-0.2, 0) is 4.74 Å². The second-order valence-electron chi connectivity index (χ2n) is 6.19. The number of aryl methyl sites for hydroxylation is 1. The van der Waals surface area contributed by atoms with Crippen LogP contribution in [0.5, 0.6) is 0 Å². The SMILES string of the molecule is Cc1cc([C@H](C2CCOCC2)N2CCNCC2)ccc1F. The molecular formula is C17H25FN2O. The van der Waals surface area contributed by atoms with E-state index in [1.165, 1.54) is 5.56 Å². The summed E-state index contributed by atoms with van der Waals surface area (Å²) in [6.45, 7) is 7.79. The summed E-state index contributed by atoms with van der Waals surface area (Å²) in [6, 6.07) is 6.04. The molecular weight excluding hydrogens is 267 g/mol. The maximum atomic E-state index is 13.6. The van der Waals surface area contributed by atoms with Crippen LogP contribution in [-0.4, -0.2) is 44.3 Å².